The quantitative estimate of drug-likeness (QED) is 0.880. The molecule has 1 saturated carbocycles. The minimum atomic E-state index is -0.168. The molecule has 25 heavy (non-hydrogen) atoms. The second-order valence-electron chi connectivity index (χ2n) is 7.43. The Morgan fingerprint density at radius 2 is 2.12 bits per heavy atom. The highest BCUT2D eigenvalue weighted by Crippen LogP contribution is 2.43. The predicted octanol–water partition coefficient (Wildman–Crippen LogP) is 2.33. The van der Waals surface area contributed by atoms with Crippen molar-refractivity contribution >= 4 is 5.91 Å². The van der Waals surface area contributed by atoms with Crippen molar-refractivity contribution in [2.75, 3.05) is 13.1 Å². The predicted molar refractivity (Wildman–Crippen MR) is 96.9 cm³/mol. The number of carbonyl (C=O) groups excluding carboxylic acids is 1. The van der Waals surface area contributed by atoms with E-state index in [0.717, 1.165) is 31.6 Å². The van der Waals surface area contributed by atoms with Gasteiger partial charge in [-0.15, -0.1) is 0 Å². The first-order valence-corrected chi connectivity index (χ1v) is 9.30. The van der Waals surface area contributed by atoms with Gasteiger partial charge < -0.3 is 10.6 Å². The third-order valence-electron chi connectivity index (χ3n) is 5.87. The van der Waals surface area contributed by atoms with E-state index in [9.17, 15) is 4.79 Å². The van der Waals surface area contributed by atoms with Crippen LogP contribution in [-0.4, -0.2) is 28.8 Å². The number of aromatic nitrogens is 2. The standard InChI is InChI=1S/C20H26N4O/c25-19(20-9-2-1-4-18(20)13-21-15-20)22-12-16-5-7-17(8-6-16)14-24-11-3-10-23-24/h3,5-8,10-11,18,21H,1-2,4,9,12-15H2,(H,22,25)/t18-,20+/m0/s1. The number of carbonyl (C=O) groups is 1. The summed E-state index contributed by atoms with van der Waals surface area (Å²) in [5.74, 6) is 0.750. The fraction of sp³-hybridized carbons (Fsp3) is 0.500. The van der Waals surface area contributed by atoms with Crippen LogP contribution in [0.1, 0.15) is 36.8 Å². The fourth-order valence-electron chi connectivity index (χ4n) is 4.39. The van der Waals surface area contributed by atoms with E-state index in [1.165, 1.54) is 24.8 Å². The zero-order chi connectivity index (χ0) is 17.1. The number of fused-ring (bicyclic) bond motifs is 1. The lowest BCUT2D eigenvalue weighted by atomic mass is 9.67. The lowest BCUT2D eigenvalue weighted by Crippen LogP contribution is -2.47. The van der Waals surface area contributed by atoms with Gasteiger partial charge in [-0.3, -0.25) is 9.48 Å². The van der Waals surface area contributed by atoms with Crippen molar-refractivity contribution in [3.8, 4) is 0 Å². The molecular weight excluding hydrogens is 312 g/mol. The van der Waals surface area contributed by atoms with E-state index in [0.29, 0.717) is 12.5 Å². The van der Waals surface area contributed by atoms with Gasteiger partial charge in [-0.25, -0.2) is 0 Å². The normalized spacial score (nSPS) is 25.5. The Morgan fingerprint density at radius 1 is 1.28 bits per heavy atom. The summed E-state index contributed by atoms with van der Waals surface area (Å²) in [6.07, 6.45) is 8.40. The van der Waals surface area contributed by atoms with Crippen LogP contribution in [0.25, 0.3) is 0 Å². The van der Waals surface area contributed by atoms with Crippen LogP contribution in [0, 0.1) is 11.3 Å². The van der Waals surface area contributed by atoms with Crippen molar-refractivity contribution in [3.63, 3.8) is 0 Å². The molecule has 1 saturated heterocycles. The van der Waals surface area contributed by atoms with Crippen LogP contribution in [-0.2, 0) is 17.9 Å². The van der Waals surface area contributed by atoms with Crippen LogP contribution in [0.5, 0.6) is 0 Å². The van der Waals surface area contributed by atoms with E-state index in [1.54, 1.807) is 6.20 Å². The van der Waals surface area contributed by atoms with Crippen molar-refractivity contribution in [2.24, 2.45) is 11.3 Å². The van der Waals surface area contributed by atoms with E-state index < -0.39 is 0 Å². The number of amides is 1. The molecule has 2 fully saturated rings. The van der Waals surface area contributed by atoms with Crippen molar-refractivity contribution in [1.82, 2.24) is 20.4 Å². The number of benzene rings is 1. The second-order valence-corrected chi connectivity index (χ2v) is 7.43. The fourth-order valence-corrected chi connectivity index (χ4v) is 4.39. The van der Waals surface area contributed by atoms with Gasteiger partial charge in [0.1, 0.15) is 0 Å². The molecule has 2 aromatic rings. The number of nitrogens with one attached hydrogen (secondary N) is 2. The summed E-state index contributed by atoms with van der Waals surface area (Å²) in [6.45, 7) is 3.22. The molecule has 1 aromatic carbocycles. The maximum absolute atomic E-state index is 12.9. The molecule has 1 aliphatic heterocycles. The Hall–Kier alpha value is -2.14. The third-order valence-corrected chi connectivity index (χ3v) is 5.87. The number of hydrogen-bond donors (Lipinski definition) is 2. The topological polar surface area (TPSA) is 59.0 Å². The lowest BCUT2D eigenvalue weighted by molar-refractivity contribution is -0.134. The monoisotopic (exact) mass is 338 g/mol. The molecule has 5 nitrogen and oxygen atoms in total. The first kappa shape index (κ1) is 16.3. The second kappa shape index (κ2) is 7.00. The first-order valence-electron chi connectivity index (χ1n) is 9.30. The molecule has 2 N–H and O–H groups in total. The minimum Gasteiger partial charge on any atom is -0.351 e. The summed E-state index contributed by atoms with van der Waals surface area (Å²) >= 11 is 0. The summed E-state index contributed by atoms with van der Waals surface area (Å²) in [5.41, 5.74) is 2.19. The van der Waals surface area contributed by atoms with Crippen molar-refractivity contribution in [1.29, 1.82) is 0 Å². The first-order chi connectivity index (χ1) is 12.3. The maximum Gasteiger partial charge on any atom is 0.228 e. The molecule has 4 rings (SSSR count). The van der Waals surface area contributed by atoms with Crippen molar-refractivity contribution < 1.29 is 4.79 Å². The van der Waals surface area contributed by atoms with E-state index in [2.05, 4.69) is 40.0 Å². The van der Waals surface area contributed by atoms with Gasteiger partial charge in [0, 0.05) is 25.5 Å². The minimum absolute atomic E-state index is 0.168. The summed E-state index contributed by atoms with van der Waals surface area (Å²) in [5, 5.41) is 10.9. The average Bonchev–Trinajstić information content (AvgIpc) is 3.30. The molecule has 132 valence electrons. The summed E-state index contributed by atoms with van der Waals surface area (Å²) < 4.78 is 1.91. The molecule has 0 unspecified atom stereocenters. The average molecular weight is 338 g/mol. The summed E-state index contributed by atoms with van der Waals surface area (Å²) in [6, 6.07) is 10.4. The zero-order valence-electron chi connectivity index (χ0n) is 14.6. The Bertz CT molecular complexity index is 710. The highest BCUT2D eigenvalue weighted by Gasteiger charge is 2.49. The highest BCUT2D eigenvalue weighted by molar-refractivity contribution is 5.83. The van der Waals surface area contributed by atoms with Crippen LogP contribution < -0.4 is 10.6 Å². The van der Waals surface area contributed by atoms with Crippen LogP contribution in [0.2, 0.25) is 0 Å². The highest BCUT2D eigenvalue weighted by atomic mass is 16.2. The van der Waals surface area contributed by atoms with E-state index in [4.69, 9.17) is 0 Å². The van der Waals surface area contributed by atoms with Crippen LogP contribution >= 0.6 is 0 Å². The zero-order valence-corrected chi connectivity index (χ0v) is 14.6. The van der Waals surface area contributed by atoms with Gasteiger partial charge in [0.2, 0.25) is 5.91 Å². The molecule has 2 aliphatic rings. The van der Waals surface area contributed by atoms with Gasteiger partial charge in [-0.2, -0.15) is 5.10 Å². The van der Waals surface area contributed by atoms with Crippen LogP contribution in [0.4, 0.5) is 0 Å². The summed E-state index contributed by atoms with van der Waals surface area (Å²) in [4.78, 5) is 12.9. The van der Waals surface area contributed by atoms with Gasteiger partial charge in [0.05, 0.1) is 12.0 Å². The smallest absolute Gasteiger partial charge is 0.228 e. The Morgan fingerprint density at radius 3 is 2.92 bits per heavy atom. The third kappa shape index (κ3) is 3.33. The van der Waals surface area contributed by atoms with E-state index in [-0.39, 0.29) is 11.3 Å². The molecular formula is C20H26N4O. The van der Waals surface area contributed by atoms with Crippen molar-refractivity contribution in [2.45, 2.75) is 38.8 Å². The number of rotatable bonds is 5. The SMILES string of the molecule is O=C(NCc1ccc(Cn2cccn2)cc1)[C@@]12CCCC[C@H]1CNC2. The molecule has 1 amide bonds. The molecule has 0 spiro atoms. The number of hydrogen-bond acceptors (Lipinski definition) is 3. The lowest BCUT2D eigenvalue weighted by Gasteiger charge is -2.37. The molecule has 0 radical (unpaired) electrons. The van der Waals surface area contributed by atoms with Gasteiger partial charge in [-0.1, -0.05) is 37.1 Å². The largest absolute Gasteiger partial charge is 0.351 e. The Balaban J connectivity index is 1.35. The van der Waals surface area contributed by atoms with Crippen molar-refractivity contribution in [3.05, 3.63) is 53.9 Å². The molecule has 1 aliphatic carbocycles. The maximum atomic E-state index is 12.9. The Labute approximate surface area is 148 Å². The van der Waals surface area contributed by atoms with E-state index >= 15 is 0 Å². The number of nitrogens with zero attached hydrogens (tertiary/aromatic N) is 2. The molecule has 1 aromatic heterocycles. The molecule has 5 heteroatoms. The van der Waals surface area contributed by atoms with Gasteiger partial charge >= 0.3 is 0 Å². The molecule has 2 atom stereocenters. The van der Waals surface area contributed by atoms with Gasteiger partial charge in [-0.05, 0) is 42.5 Å². The van der Waals surface area contributed by atoms with E-state index in [1.807, 2.05) is 16.9 Å². The molecule has 0 bridgehead atoms. The van der Waals surface area contributed by atoms with Crippen LogP contribution in [0.3, 0.4) is 0 Å². The van der Waals surface area contributed by atoms with Gasteiger partial charge in [0.25, 0.3) is 0 Å². The summed E-state index contributed by atoms with van der Waals surface area (Å²) in [7, 11) is 0. The van der Waals surface area contributed by atoms with Gasteiger partial charge in [0.15, 0.2) is 0 Å². The molecule has 2 heterocycles. The Kier molecular flexibility index (Phi) is 4.57. The van der Waals surface area contributed by atoms with Crippen LogP contribution in [0.15, 0.2) is 42.7 Å².